The Bertz CT molecular complexity index is 883. The molecule has 3 N–H and O–H groups in total. The minimum Gasteiger partial charge on any atom is -0.350 e. The van der Waals surface area contributed by atoms with E-state index in [0.29, 0.717) is 18.1 Å². The maximum Gasteiger partial charge on any atom is 0.160 e. The number of anilines is 1. The Morgan fingerprint density at radius 3 is 2.52 bits per heavy atom. The fourth-order valence-electron chi connectivity index (χ4n) is 3.68. The standard InChI is InChI=1S/C19H20F3N5/c1-25-17-11-24-8-9-26(17)19(18(25)12-2-4-13(20)5-3-12)27(23)14-6-7-15(21)16(22)10-14/h2-7,10,17,24H,8-9,11,23H2,1H3. The van der Waals surface area contributed by atoms with Gasteiger partial charge in [-0.3, -0.25) is 5.01 Å². The largest absolute Gasteiger partial charge is 0.350 e. The second-order valence-corrected chi connectivity index (χ2v) is 6.64. The number of hydrogen-bond acceptors (Lipinski definition) is 5. The summed E-state index contributed by atoms with van der Waals surface area (Å²) in [6, 6.07) is 9.71. The van der Waals surface area contributed by atoms with Gasteiger partial charge >= 0.3 is 0 Å². The second kappa shape index (κ2) is 6.79. The molecule has 2 aromatic carbocycles. The van der Waals surface area contributed by atoms with Crippen LogP contribution in [0.15, 0.2) is 48.3 Å². The normalized spacial score (nSPS) is 19.5. The van der Waals surface area contributed by atoms with Crippen LogP contribution in [0, 0.1) is 17.5 Å². The zero-order chi connectivity index (χ0) is 19.1. The molecule has 2 aliphatic rings. The minimum atomic E-state index is -0.963. The topological polar surface area (TPSA) is 47.8 Å². The third kappa shape index (κ3) is 3.00. The van der Waals surface area contributed by atoms with E-state index in [2.05, 4.69) is 15.1 Å². The number of nitrogens with zero attached hydrogens (tertiary/aromatic N) is 3. The fraction of sp³-hybridized carbons (Fsp3) is 0.263. The van der Waals surface area contributed by atoms with Gasteiger partial charge in [0.15, 0.2) is 11.6 Å². The maximum absolute atomic E-state index is 13.8. The van der Waals surface area contributed by atoms with Gasteiger partial charge in [-0.25, -0.2) is 19.0 Å². The number of nitrogens with one attached hydrogen (secondary N) is 1. The van der Waals surface area contributed by atoms with Crippen LogP contribution >= 0.6 is 0 Å². The number of halogens is 3. The van der Waals surface area contributed by atoms with Crippen molar-refractivity contribution in [3.05, 3.63) is 71.3 Å². The third-order valence-corrected chi connectivity index (χ3v) is 5.03. The molecule has 0 radical (unpaired) electrons. The minimum absolute atomic E-state index is 0.0187. The number of nitrogens with two attached hydrogens (primary N) is 1. The van der Waals surface area contributed by atoms with Crippen LogP contribution in [-0.2, 0) is 0 Å². The van der Waals surface area contributed by atoms with Gasteiger partial charge in [0.25, 0.3) is 0 Å². The van der Waals surface area contributed by atoms with Gasteiger partial charge in [0.05, 0.1) is 11.4 Å². The Hall–Kier alpha value is -2.71. The fourth-order valence-corrected chi connectivity index (χ4v) is 3.68. The summed E-state index contributed by atoms with van der Waals surface area (Å²) in [5.41, 5.74) is 1.92. The summed E-state index contributed by atoms with van der Waals surface area (Å²) in [5.74, 6) is 4.82. The van der Waals surface area contributed by atoms with Crippen molar-refractivity contribution in [2.24, 2.45) is 5.84 Å². The van der Waals surface area contributed by atoms with E-state index in [4.69, 9.17) is 5.84 Å². The smallest absolute Gasteiger partial charge is 0.160 e. The molecule has 0 aromatic heterocycles. The van der Waals surface area contributed by atoms with Crippen molar-refractivity contribution in [2.45, 2.75) is 6.17 Å². The van der Waals surface area contributed by atoms with E-state index in [1.807, 2.05) is 7.05 Å². The molecule has 27 heavy (non-hydrogen) atoms. The van der Waals surface area contributed by atoms with Crippen LogP contribution in [0.5, 0.6) is 0 Å². The van der Waals surface area contributed by atoms with Gasteiger partial charge in [-0.05, 0) is 36.4 Å². The molecule has 4 rings (SSSR count). The molecule has 2 aromatic rings. The summed E-state index contributed by atoms with van der Waals surface area (Å²) in [5, 5.41) is 4.71. The number of rotatable bonds is 3. The van der Waals surface area contributed by atoms with Crippen LogP contribution in [-0.4, -0.2) is 42.6 Å². The monoisotopic (exact) mass is 375 g/mol. The van der Waals surface area contributed by atoms with E-state index < -0.39 is 11.6 Å². The zero-order valence-electron chi connectivity index (χ0n) is 14.8. The van der Waals surface area contributed by atoms with Gasteiger partial charge in [-0.15, -0.1) is 0 Å². The third-order valence-electron chi connectivity index (χ3n) is 5.03. The molecule has 8 heteroatoms. The Labute approximate surface area is 155 Å². The summed E-state index contributed by atoms with van der Waals surface area (Å²) in [4.78, 5) is 4.19. The lowest BCUT2D eigenvalue weighted by Crippen LogP contribution is -2.55. The van der Waals surface area contributed by atoms with Gasteiger partial charge < -0.3 is 15.1 Å². The molecule has 0 saturated carbocycles. The van der Waals surface area contributed by atoms with Crippen LogP contribution in [0.4, 0.5) is 18.9 Å². The molecule has 0 amide bonds. The first-order valence-electron chi connectivity index (χ1n) is 8.67. The summed E-state index contributed by atoms with van der Waals surface area (Å²) >= 11 is 0. The number of piperazine rings is 1. The quantitative estimate of drug-likeness (QED) is 0.637. The molecule has 1 saturated heterocycles. The lowest BCUT2D eigenvalue weighted by molar-refractivity contribution is 0.137. The first-order chi connectivity index (χ1) is 13.0. The highest BCUT2D eigenvalue weighted by Gasteiger charge is 2.40. The summed E-state index contributed by atoms with van der Waals surface area (Å²) in [6.45, 7) is 2.19. The Morgan fingerprint density at radius 1 is 1.07 bits per heavy atom. The van der Waals surface area contributed by atoms with Crippen LogP contribution in [0.25, 0.3) is 5.70 Å². The molecule has 2 heterocycles. The summed E-state index contributed by atoms with van der Waals surface area (Å²) < 4.78 is 40.5. The van der Waals surface area contributed by atoms with Gasteiger partial charge in [-0.1, -0.05) is 0 Å². The van der Waals surface area contributed by atoms with Crippen molar-refractivity contribution in [3.63, 3.8) is 0 Å². The molecular formula is C19H20F3N5. The lowest BCUT2D eigenvalue weighted by Gasteiger charge is -2.38. The first-order valence-corrected chi connectivity index (χ1v) is 8.67. The van der Waals surface area contributed by atoms with E-state index in [-0.39, 0.29) is 12.0 Å². The second-order valence-electron chi connectivity index (χ2n) is 6.64. The maximum atomic E-state index is 13.8. The van der Waals surface area contributed by atoms with E-state index in [1.54, 1.807) is 12.1 Å². The predicted octanol–water partition coefficient (Wildman–Crippen LogP) is 2.29. The molecular weight excluding hydrogens is 355 g/mol. The Morgan fingerprint density at radius 2 is 1.81 bits per heavy atom. The predicted molar refractivity (Wildman–Crippen MR) is 97.5 cm³/mol. The van der Waals surface area contributed by atoms with Gasteiger partial charge in [0, 0.05) is 38.3 Å². The van der Waals surface area contributed by atoms with Gasteiger partial charge in [0.1, 0.15) is 17.8 Å². The molecule has 5 nitrogen and oxygen atoms in total. The first kappa shape index (κ1) is 17.7. The zero-order valence-corrected chi connectivity index (χ0v) is 14.8. The number of benzene rings is 2. The van der Waals surface area contributed by atoms with Crippen molar-refractivity contribution < 1.29 is 13.2 Å². The van der Waals surface area contributed by atoms with Crippen LogP contribution in [0.3, 0.4) is 0 Å². The Kier molecular flexibility index (Phi) is 4.45. The molecule has 1 atom stereocenters. The van der Waals surface area contributed by atoms with E-state index in [0.717, 1.165) is 36.5 Å². The van der Waals surface area contributed by atoms with Crippen LogP contribution < -0.4 is 16.2 Å². The molecule has 0 aliphatic carbocycles. The lowest BCUT2D eigenvalue weighted by atomic mass is 10.1. The van der Waals surface area contributed by atoms with Crippen molar-refractivity contribution in [1.29, 1.82) is 0 Å². The van der Waals surface area contributed by atoms with Gasteiger partial charge in [0.2, 0.25) is 0 Å². The average molecular weight is 375 g/mol. The van der Waals surface area contributed by atoms with Crippen molar-refractivity contribution in [2.75, 3.05) is 31.7 Å². The SMILES string of the molecule is CN1C(c2ccc(F)cc2)=C(N(N)c2ccc(F)c(F)c2)N2CCNCC12. The van der Waals surface area contributed by atoms with Crippen molar-refractivity contribution in [3.8, 4) is 0 Å². The van der Waals surface area contributed by atoms with E-state index in [9.17, 15) is 13.2 Å². The van der Waals surface area contributed by atoms with Crippen molar-refractivity contribution >= 4 is 11.4 Å². The number of hydrogen-bond donors (Lipinski definition) is 2. The summed E-state index contributed by atoms with van der Waals surface area (Å²) in [6.07, 6.45) is 0.0187. The molecule has 0 bridgehead atoms. The molecule has 0 spiro atoms. The number of likely N-dealkylation sites (N-methyl/N-ethyl adjacent to an activating group) is 1. The van der Waals surface area contributed by atoms with Crippen molar-refractivity contribution in [1.82, 2.24) is 15.1 Å². The molecule has 1 unspecified atom stereocenters. The van der Waals surface area contributed by atoms with Gasteiger partial charge in [-0.2, -0.15) is 0 Å². The molecule has 1 fully saturated rings. The molecule has 142 valence electrons. The van der Waals surface area contributed by atoms with Crippen LogP contribution in [0.1, 0.15) is 5.56 Å². The number of hydrazine groups is 1. The summed E-state index contributed by atoms with van der Waals surface area (Å²) in [7, 11) is 1.94. The Balaban J connectivity index is 1.84. The number of fused-ring (bicyclic) bond motifs is 1. The highest BCUT2D eigenvalue weighted by Crippen LogP contribution is 2.38. The highest BCUT2D eigenvalue weighted by atomic mass is 19.2. The average Bonchev–Trinajstić information content (AvgIpc) is 2.97. The van der Waals surface area contributed by atoms with E-state index in [1.165, 1.54) is 23.2 Å². The highest BCUT2D eigenvalue weighted by molar-refractivity contribution is 5.73. The molecule has 2 aliphatic heterocycles. The van der Waals surface area contributed by atoms with Crippen LogP contribution in [0.2, 0.25) is 0 Å². The van der Waals surface area contributed by atoms with E-state index >= 15 is 0 Å².